The number of carbonyl (C=O) groups is 1. The van der Waals surface area contributed by atoms with E-state index in [1.165, 1.54) is 5.56 Å². The average molecular weight is 394 g/mol. The van der Waals surface area contributed by atoms with Gasteiger partial charge in [-0.2, -0.15) is 0 Å². The Morgan fingerprint density at radius 1 is 1.25 bits per heavy atom. The van der Waals surface area contributed by atoms with Crippen molar-refractivity contribution in [2.75, 3.05) is 18.6 Å². The first-order valence-corrected chi connectivity index (χ1v) is 10.2. The number of benzene rings is 1. The number of ether oxygens (including phenoxy) is 2. The highest BCUT2D eigenvalue weighted by atomic mass is 32.1. The summed E-state index contributed by atoms with van der Waals surface area (Å²) in [7, 11) is 1.67. The van der Waals surface area contributed by atoms with Gasteiger partial charge in [0.25, 0.3) is 0 Å². The highest BCUT2D eigenvalue weighted by Gasteiger charge is 2.27. The van der Waals surface area contributed by atoms with Crippen molar-refractivity contribution in [1.29, 1.82) is 0 Å². The number of carbonyl (C=O) groups excluding carboxylic acids is 1. The molecule has 4 rings (SSSR count). The van der Waals surface area contributed by atoms with E-state index in [1.54, 1.807) is 30.7 Å². The van der Waals surface area contributed by atoms with Gasteiger partial charge in [0.05, 0.1) is 18.7 Å². The summed E-state index contributed by atoms with van der Waals surface area (Å²) in [5.41, 5.74) is 1.76. The number of esters is 1. The Morgan fingerprint density at radius 3 is 2.86 bits per heavy atom. The van der Waals surface area contributed by atoms with Gasteiger partial charge in [0.15, 0.2) is 0 Å². The molecule has 0 aliphatic carbocycles. The summed E-state index contributed by atoms with van der Waals surface area (Å²) in [6, 6.07) is 15.9. The number of aromatic nitrogens is 1. The maximum atomic E-state index is 12.5. The third-order valence-corrected chi connectivity index (χ3v) is 5.80. The number of anilines is 1. The second-order valence-corrected chi connectivity index (χ2v) is 7.72. The molecule has 0 saturated carbocycles. The first kappa shape index (κ1) is 18.5. The molecule has 0 bridgehead atoms. The molecule has 1 atom stereocenters. The van der Waals surface area contributed by atoms with Crippen molar-refractivity contribution in [2.45, 2.75) is 25.5 Å². The van der Waals surface area contributed by atoms with Crippen LogP contribution in [0.25, 0.3) is 0 Å². The molecule has 2 aromatic heterocycles. The first-order valence-electron chi connectivity index (χ1n) is 9.31. The molecule has 1 aliphatic heterocycles. The lowest BCUT2D eigenvalue weighted by Crippen LogP contribution is -2.24. The first-order chi connectivity index (χ1) is 13.7. The fraction of sp³-hybridized carbons (Fsp3) is 0.273. The fourth-order valence-electron chi connectivity index (χ4n) is 3.53. The molecule has 0 unspecified atom stereocenters. The molecular formula is C22H22N2O3S. The van der Waals surface area contributed by atoms with E-state index in [9.17, 15) is 4.79 Å². The van der Waals surface area contributed by atoms with Crippen molar-refractivity contribution in [1.82, 2.24) is 4.98 Å². The molecule has 6 heteroatoms. The van der Waals surface area contributed by atoms with Gasteiger partial charge in [-0.3, -0.25) is 0 Å². The molecular weight excluding hydrogens is 372 g/mol. The van der Waals surface area contributed by atoms with Gasteiger partial charge in [-0.25, -0.2) is 9.78 Å². The average Bonchev–Trinajstić information content (AvgIpc) is 3.44. The Bertz CT molecular complexity index is 925. The van der Waals surface area contributed by atoms with Gasteiger partial charge in [0, 0.05) is 17.6 Å². The van der Waals surface area contributed by atoms with Crippen LogP contribution in [-0.2, 0) is 11.3 Å². The molecule has 3 aromatic rings. The van der Waals surface area contributed by atoms with Crippen LogP contribution < -0.4 is 9.64 Å². The van der Waals surface area contributed by atoms with Crippen LogP contribution in [0, 0.1) is 0 Å². The summed E-state index contributed by atoms with van der Waals surface area (Å²) in [4.78, 5) is 20.3. The van der Waals surface area contributed by atoms with Gasteiger partial charge in [-0.05, 0) is 54.1 Å². The summed E-state index contributed by atoms with van der Waals surface area (Å²) in [5.74, 6) is 1.34. The summed E-state index contributed by atoms with van der Waals surface area (Å²) in [6.45, 7) is 1.21. The van der Waals surface area contributed by atoms with Gasteiger partial charge >= 0.3 is 5.97 Å². The number of nitrogens with zero attached hydrogens (tertiary/aromatic N) is 2. The van der Waals surface area contributed by atoms with Crippen molar-refractivity contribution in [3.8, 4) is 5.75 Å². The molecule has 3 heterocycles. The van der Waals surface area contributed by atoms with Crippen molar-refractivity contribution < 1.29 is 14.3 Å². The molecule has 28 heavy (non-hydrogen) atoms. The van der Waals surface area contributed by atoms with Crippen LogP contribution in [0.5, 0.6) is 5.75 Å². The molecule has 1 saturated heterocycles. The Labute approximate surface area is 168 Å². The van der Waals surface area contributed by atoms with Crippen molar-refractivity contribution in [3.05, 3.63) is 76.1 Å². The van der Waals surface area contributed by atoms with Crippen LogP contribution >= 0.6 is 11.3 Å². The number of hydrogen-bond acceptors (Lipinski definition) is 6. The van der Waals surface area contributed by atoms with Crippen molar-refractivity contribution >= 4 is 23.1 Å². The molecule has 1 aliphatic rings. The number of hydrogen-bond donors (Lipinski definition) is 0. The second-order valence-electron chi connectivity index (χ2n) is 6.68. The smallest absolute Gasteiger partial charge is 0.338 e. The summed E-state index contributed by atoms with van der Waals surface area (Å²) in [5, 5.41) is 1.97. The molecule has 1 fully saturated rings. The zero-order valence-corrected chi connectivity index (χ0v) is 16.5. The van der Waals surface area contributed by atoms with E-state index in [0.717, 1.165) is 35.8 Å². The maximum Gasteiger partial charge on any atom is 0.338 e. The van der Waals surface area contributed by atoms with Crippen molar-refractivity contribution in [2.24, 2.45) is 0 Å². The Kier molecular flexibility index (Phi) is 5.58. The van der Waals surface area contributed by atoms with Gasteiger partial charge in [-0.15, -0.1) is 11.3 Å². The van der Waals surface area contributed by atoms with Crippen LogP contribution in [0.15, 0.2) is 60.1 Å². The third-order valence-electron chi connectivity index (χ3n) is 4.95. The van der Waals surface area contributed by atoms with E-state index in [0.29, 0.717) is 12.2 Å². The standard InChI is InChI=1S/C22H22N2O3S/c1-26-18-8-6-16(7-9-18)20-5-2-12-24(20)21-14-17(10-11-23-21)22(25)27-15-19-4-3-13-28-19/h3-4,6-11,13-14,20H,2,5,12,15H2,1H3/t20-/m1/s1. The minimum atomic E-state index is -0.322. The van der Waals surface area contributed by atoms with E-state index in [2.05, 4.69) is 22.0 Å². The lowest BCUT2D eigenvalue weighted by molar-refractivity contribution is 0.0476. The van der Waals surface area contributed by atoms with Crippen LogP contribution in [0.2, 0.25) is 0 Å². The second kappa shape index (κ2) is 8.44. The van der Waals surface area contributed by atoms with Gasteiger partial charge in [0.1, 0.15) is 18.2 Å². The monoisotopic (exact) mass is 394 g/mol. The van der Waals surface area contributed by atoms with E-state index in [1.807, 2.05) is 35.7 Å². The Balaban J connectivity index is 1.50. The van der Waals surface area contributed by atoms with Crippen LogP contribution in [-0.4, -0.2) is 24.6 Å². The minimum absolute atomic E-state index is 0.246. The highest BCUT2D eigenvalue weighted by molar-refractivity contribution is 7.09. The molecule has 1 aromatic carbocycles. The van der Waals surface area contributed by atoms with Crippen LogP contribution in [0.1, 0.15) is 39.7 Å². The quantitative estimate of drug-likeness (QED) is 0.560. The number of pyridine rings is 1. The zero-order valence-electron chi connectivity index (χ0n) is 15.7. The minimum Gasteiger partial charge on any atom is -0.497 e. The Morgan fingerprint density at radius 2 is 2.11 bits per heavy atom. The van der Waals surface area contributed by atoms with Gasteiger partial charge in [-0.1, -0.05) is 18.2 Å². The largest absolute Gasteiger partial charge is 0.497 e. The van der Waals surface area contributed by atoms with Crippen molar-refractivity contribution in [3.63, 3.8) is 0 Å². The molecule has 0 spiro atoms. The number of rotatable bonds is 6. The molecule has 5 nitrogen and oxygen atoms in total. The van der Waals surface area contributed by atoms with E-state index in [4.69, 9.17) is 9.47 Å². The number of methoxy groups -OCH3 is 1. The highest BCUT2D eigenvalue weighted by Crippen LogP contribution is 2.36. The fourth-order valence-corrected chi connectivity index (χ4v) is 4.15. The summed E-state index contributed by atoms with van der Waals surface area (Å²) < 4.78 is 10.7. The molecule has 144 valence electrons. The van der Waals surface area contributed by atoms with E-state index >= 15 is 0 Å². The van der Waals surface area contributed by atoms with E-state index in [-0.39, 0.29) is 12.0 Å². The predicted molar refractivity (Wildman–Crippen MR) is 110 cm³/mol. The summed E-state index contributed by atoms with van der Waals surface area (Å²) >= 11 is 1.58. The third kappa shape index (κ3) is 4.02. The van der Waals surface area contributed by atoms with E-state index < -0.39 is 0 Å². The van der Waals surface area contributed by atoms with Gasteiger partial charge < -0.3 is 14.4 Å². The van der Waals surface area contributed by atoms with Crippen LogP contribution in [0.4, 0.5) is 5.82 Å². The zero-order chi connectivity index (χ0) is 19.3. The summed E-state index contributed by atoms with van der Waals surface area (Å²) in [6.07, 6.45) is 3.83. The molecule has 0 amide bonds. The normalized spacial score (nSPS) is 16.2. The predicted octanol–water partition coefficient (Wildman–Crippen LogP) is 4.85. The van der Waals surface area contributed by atoms with Gasteiger partial charge in [0.2, 0.25) is 0 Å². The molecule has 0 N–H and O–H groups in total. The lowest BCUT2D eigenvalue weighted by atomic mass is 10.0. The SMILES string of the molecule is COc1ccc([C@H]2CCCN2c2cc(C(=O)OCc3cccs3)ccn2)cc1. The topological polar surface area (TPSA) is 51.7 Å². The lowest BCUT2D eigenvalue weighted by Gasteiger charge is -2.26. The molecule has 0 radical (unpaired) electrons. The Hall–Kier alpha value is -2.86. The maximum absolute atomic E-state index is 12.5. The van der Waals surface area contributed by atoms with Crippen LogP contribution in [0.3, 0.4) is 0 Å². The number of thiophene rings is 1.